The molecule has 2 atom stereocenters. The Morgan fingerprint density at radius 1 is 1.48 bits per heavy atom. The van der Waals surface area contributed by atoms with Crippen molar-refractivity contribution >= 4 is 0 Å². The van der Waals surface area contributed by atoms with Crippen molar-refractivity contribution in [1.29, 1.82) is 0 Å². The van der Waals surface area contributed by atoms with E-state index in [1.807, 2.05) is 6.07 Å². The number of morpholine rings is 1. The zero-order chi connectivity index (χ0) is 15.2. The van der Waals surface area contributed by atoms with E-state index >= 15 is 0 Å². The van der Waals surface area contributed by atoms with Crippen LogP contribution in [0.3, 0.4) is 0 Å². The van der Waals surface area contributed by atoms with Crippen molar-refractivity contribution in [3.8, 4) is 11.8 Å². The van der Waals surface area contributed by atoms with Gasteiger partial charge in [-0.2, -0.15) is 0 Å². The lowest BCUT2D eigenvalue weighted by Crippen LogP contribution is -2.47. The Morgan fingerprint density at radius 2 is 2.29 bits per heavy atom. The predicted octanol–water partition coefficient (Wildman–Crippen LogP) is 2.14. The molecule has 4 heteroatoms. The van der Waals surface area contributed by atoms with Gasteiger partial charge in [-0.05, 0) is 31.0 Å². The van der Waals surface area contributed by atoms with Crippen LogP contribution >= 0.6 is 0 Å². The second-order valence-corrected chi connectivity index (χ2v) is 5.44. The molecule has 2 rings (SSSR count). The monoisotopic (exact) mass is 290 g/mol. The van der Waals surface area contributed by atoms with Crippen molar-refractivity contribution in [3.63, 3.8) is 0 Å². The standard InChI is InChI=1S/C17H23FN2O/c1-3-17-12-21-13(2)10-20(17)11-15-6-7-16(18)9-14(15)5-4-8-19/h6-7,9,13,17H,3,8,10-12,19H2,1-2H3. The first-order chi connectivity index (χ1) is 10.1. The second-order valence-electron chi connectivity index (χ2n) is 5.44. The summed E-state index contributed by atoms with van der Waals surface area (Å²) in [6, 6.07) is 5.21. The van der Waals surface area contributed by atoms with Crippen molar-refractivity contribution in [2.75, 3.05) is 19.7 Å². The van der Waals surface area contributed by atoms with Gasteiger partial charge >= 0.3 is 0 Å². The highest BCUT2D eigenvalue weighted by Crippen LogP contribution is 2.20. The highest BCUT2D eigenvalue weighted by atomic mass is 19.1. The van der Waals surface area contributed by atoms with Gasteiger partial charge in [0.2, 0.25) is 0 Å². The first kappa shape index (κ1) is 16.0. The van der Waals surface area contributed by atoms with Crippen molar-refractivity contribution in [2.45, 2.75) is 39.0 Å². The molecule has 0 saturated carbocycles. The molecule has 21 heavy (non-hydrogen) atoms. The van der Waals surface area contributed by atoms with Crippen LogP contribution in [0.4, 0.5) is 4.39 Å². The van der Waals surface area contributed by atoms with Crippen molar-refractivity contribution in [1.82, 2.24) is 4.90 Å². The molecule has 1 aliphatic rings. The van der Waals surface area contributed by atoms with Crippen LogP contribution in [-0.2, 0) is 11.3 Å². The van der Waals surface area contributed by atoms with Gasteiger partial charge in [0.1, 0.15) is 5.82 Å². The quantitative estimate of drug-likeness (QED) is 0.867. The number of hydrogen-bond donors (Lipinski definition) is 1. The van der Waals surface area contributed by atoms with Gasteiger partial charge in [0, 0.05) is 24.7 Å². The highest BCUT2D eigenvalue weighted by molar-refractivity contribution is 5.42. The summed E-state index contributed by atoms with van der Waals surface area (Å²) in [4.78, 5) is 2.40. The number of nitrogens with zero attached hydrogens (tertiary/aromatic N) is 1. The molecular formula is C17H23FN2O. The van der Waals surface area contributed by atoms with E-state index in [4.69, 9.17) is 10.5 Å². The molecule has 1 fully saturated rings. The maximum atomic E-state index is 13.4. The van der Waals surface area contributed by atoms with Crippen LogP contribution < -0.4 is 5.73 Å². The van der Waals surface area contributed by atoms with E-state index in [1.54, 1.807) is 0 Å². The van der Waals surface area contributed by atoms with E-state index in [1.165, 1.54) is 12.1 Å². The van der Waals surface area contributed by atoms with Crippen LogP contribution in [0.25, 0.3) is 0 Å². The lowest BCUT2D eigenvalue weighted by Gasteiger charge is -2.38. The Balaban J connectivity index is 2.21. The molecule has 2 N–H and O–H groups in total. The van der Waals surface area contributed by atoms with Gasteiger partial charge in [-0.1, -0.05) is 24.8 Å². The summed E-state index contributed by atoms with van der Waals surface area (Å²) in [5, 5.41) is 0. The third kappa shape index (κ3) is 4.28. The molecule has 1 aliphatic heterocycles. The summed E-state index contributed by atoms with van der Waals surface area (Å²) in [6.45, 7) is 6.93. The van der Waals surface area contributed by atoms with Crippen LogP contribution in [0.15, 0.2) is 18.2 Å². The molecule has 0 amide bonds. The molecule has 1 saturated heterocycles. The van der Waals surface area contributed by atoms with Gasteiger partial charge in [0.25, 0.3) is 0 Å². The molecule has 0 bridgehead atoms. The molecular weight excluding hydrogens is 267 g/mol. The van der Waals surface area contributed by atoms with Crippen LogP contribution in [-0.4, -0.2) is 36.7 Å². The van der Waals surface area contributed by atoms with Gasteiger partial charge < -0.3 is 10.5 Å². The van der Waals surface area contributed by atoms with Crippen molar-refractivity contribution in [2.24, 2.45) is 5.73 Å². The highest BCUT2D eigenvalue weighted by Gasteiger charge is 2.25. The minimum Gasteiger partial charge on any atom is -0.376 e. The second kappa shape index (κ2) is 7.56. The maximum Gasteiger partial charge on any atom is 0.124 e. The van der Waals surface area contributed by atoms with Crippen LogP contribution in [0.2, 0.25) is 0 Å². The summed E-state index contributed by atoms with van der Waals surface area (Å²) in [7, 11) is 0. The largest absolute Gasteiger partial charge is 0.376 e. The van der Waals surface area contributed by atoms with Crippen LogP contribution in [0.1, 0.15) is 31.4 Å². The van der Waals surface area contributed by atoms with E-state index in [2.05, 4.69) is 30.6 Å². The Hall–Kier alpha value is -1.41. The summed E-state index contributed by atoms with van der Waals surface area (Å²) >= 11 is 0. The molecule has 1 heterocycles. The van der Waals surface area contributed by atoms with Gasteiger partial charge in [-0.15, -0.1) is 0 Å². The molecule has 0 spiro atoms. The fourth-order valence-electron chi connectivity index (χ4n) is 2.65. The van der Waals surface area contributed by atoms with E-state index in [-0.39, 0.29) is 18.5 Å². The minimum absolute atomic E-state index is 0.229. The third-order valence-corrected chi connectivity index (χ3v) is 3.82. The lowest BCUT2D eigenvalue weighted by atomic mass is 10.0. The number of ether oxygens (including phenoxy) is 1. The van der Waals surface area contributed by atoms with E-state index in [0.29, 0.717) is 6.04 Å². The molecule has 3 nitrogen and oxygen atoms in total. The lowest BCUT2D eigenvalue weighted by molar-refractivity contribution is -0.0592. The van der Waals surface area contributed by atoms with Gasteiger partial charge in [0.05, 0.1) is 19.3 Å². The zero-order valence-electron chi connectivity index (χ0n) is 12.7. The first-order valence-electron chi connectivity index (χ1n) is 7.47. The van der Waals surface area contributed by atoms with Gasteiger partial charge in [-0.3, -0.25) is 4.90 Å². The molecule has 0 radical (unpaired) electrons. The molecule has 0 aliphatic carbocycles. The number of halogens is 1. The van der Waals surface area contributed by atoms with Crippen molar-refractivity contribution in [3.05, 3.63) is 35.1 Å². The Morgan fingerprint density at radius 3 is 3.00 bits per heavy atom. The predicted molar refractivity (Wildman–Crippen MR) is 82.2 cm³/mol. The summed E-state index contributed by atoms with van der Waals surface area (Å²) in [6.07, 6.45) is 1.27. The molecule has 0 aromatic heterocycles. The fraction of sp³-hybridized carbons (Fsp3) is 0.529. The van der Waals surface area contributed by atoms with Gasteiger partial charge in [-0.25, -0.2) is 4.39 Å². The zero-order valence-corrected chi connectivity index (χ0v) is 12.7. The third-order valence-electron chi connectivity index (χ3n) is 3.82. The smallest absolute Gasteiger partial charge is 0.124 e. The van der Waals surface area contributed by atoms with Crippen LogP contribution in [0.5, 0.6) is 0 Å². The Labute approximate surface area is 126 Å². The van der Waals surface area contributed by atoms with E-state index in [0.717, 1.165) is 37.2 Å². The van der Waals surface area contributed by atoms with Gasteiger partial charge in [0.15, 0.2) is 0 Å². The summed E-state index contributed by atoms with van der Waals surface area (Å²) < 4.78 is 19.1. The Kier molecular flexibility index (Phi) is 5.75. The maximum absolute atomic E-state index is 13.4. The average molecular weight is 290 g/mol. The van der Waals surface area contributed by atoms with E-state index in [9.17, 15) is 4.39 Å². The molecule has 114 valence electrons. The van der Waals surface area contributed by atoms with Crippen molar-refractivity contribution < 1.29 is 9.13 Å². The average Bonchev–Trinajstić information content (AvgIpc) is 2.47. The fourth-order valence-corrected chi connectivity index (χ4v) is 2.65. The van der Waals surface area contributed by atoms with E-state index < -0.39 is 0 Å². The number of hydrogen-bond acceptors (Lipinski definition) is 3. The number of rotatable bonds is 3. The number of nitrogens with two attached hydrogens (primary N) is 1. The first-order valence-corrected chi connectivity index (χ1v) is 7.47. The summed E-state index contributed by atoms with van der Waals surface area (Å²) in [5.41, 5.74) is 7.19. The Bertz CT molecular complexity index is 535. The molecule has 1 aromatic rings. The molecule has 1 aromatic carbocycles. The normalized spacial score (nSPS) is 22.7. The molecule has 2 unspecified atom stereocenters. The van der Waals surface area contributed by atoms with Crippen LogP contribution in [0, 0.1) is 17.7 Å². The summed E-state index contributed by atoms with van der Waals surface area (Å²) in [5.74, 6) is 5.52. The topological polar surface area (TPSA) is 38.5 Å². The number of benzene rings is 1. The minimum atomic E-state index is -0.262. The SMILES string of the molecule is CCC1COC(C)CN1Cc1ccc(F)cc1C#CCN.